The normalized spacial score (nSPS) is 11.2. The fraction of sp³-hybridized carbons (Fsp3) is 0.600. The molecule has 0 bridgehead atoms. The van der Waals surface area contributed by atoms with Gasteiger partial charge in [0.25, 0.3) is 0 Å². The maximum absolute atomic E-state index is 11.9. The first-order valence-corrected chi connectivity index (χ1v) is 9.21. The number of carbonyl (C=O) groups is 2. The average Bonchev–Trinajstić information content (AvgIpc) is 2.54. The zero-order valence-corrected chi connectivity index (χ0v) is 16.2. The van der Waals surface area contributed by atoms with E-state index in [2.05, 4.69) is 12.2 Å². The first-order valence-electron chi connectivity index (χ1n) is 9.21. The Balaban J connectivity index is 2.67. The van der Waals surface area contributed by atoms with Crippen molar-refractivity contribution < 1.29 is 24.5 Å². The van der Waals surface area contributed by atoms with Gasteiger partial charge in [-0.25, -0.2) is 9.59 Å². The van der Waals surface area contributed by atoms with Crippen LogP contribution in [0.2, 0.25) is 0 Å². The van der Waals surface area contributed by atoms with Gasteiger partial charge in [0.15, 0.2) is 0 Å². The minimum Gasteiger partial charge on any atom is -0.507 e. The number of phenols is 1. The second-order valence-corrected chi connectivity index (χ2v) is 7.50. The maximum Gasteiger partial charge on any atom is 0.411 e. The molecule has 0 saturated carbocycles. The van der Waals surface area contributed by atoms with Gasteiger partial charge in [-0.1, -0.05) is 59.8 Å². The summed E-state index contributed by atoms with van der Waals surface area (Å²) >= 11 is 0. The van der Waals surface area contributed by atoms with Crippen molar-refractivity contribution in [3.05, 3.63) is 23.3 Å². The fourth-order valence-corrected chi connectivity index (χ4v) is 2.64. The Kier molecular flexibility index (Phi) is 8.42. The zero-order valence-electron chi connectivity index (χ0n) is 16.2. The number of aromatic hydroxyl groups is 1. The molecule has 26 heavy (non-hydrogen) atoms. The molecule has 0 aliphatic heterocycles. The third-order valence-electron chi connectivity index (χ3n) is 4.13. The number of benzene rings is 1. The predicted molar refractivity (Wildman–Crippen MR) is 102 cm³/mol. The number of nitrogens with one attached hydrogen (secondary N) is 1. The van der Waals surface area contributed by atoms with Gasteiger partial charge in [0.1, 0.15) is 11.3 Å². The number of rotatable bonds is 9. The van der Waals surface area contributed by atoms with Crippen LogP contribution in [0.1, 0.15) is 82.1 Å². The van der Waals surface area contributed by atoms with Gasteiger partial charge in [-0.05, 0) is 24.0 Å². The topological polar surface area (TPSA) is 95.9 Å². The van der Waals surface area contributed by atoms with Gasteiger partial charge < -0.3 is 14.9 Å². The van der Waals surface area contributed by atoms with Crippen LogP contribution in [0, 0.1) is 0 Å². The molecule has 1 rings (SSSR count). The van der Waals surface area contributed by atoms with Crippen LogP contribution in [0.25, 0.3) is 0 Å². The maximum atomic E-state index is 11.9. The van der Waals surface area contributed by atoms with Gasteiger partial charge in [0.2, 0.25) is 0 Å². The lowest BCUT2D eigenvalue weighted by Crippen LogP contribution is -2.18. The third-order valence-corrected chi connectivity index (χ3v) is 4.13. The third kappa shape index (κ3) is 6.94. The Labute approximate surface area is 155 Å². The molecule has 3 N–H and O–H groups in total. The lowest BCUT2D eigenvalue weighted by atomic mass is 9.84. The van der Waals surface area contributed by atoms with E-state index in [1.54, 1.807) is 6.07 Å². The van der Waals surface area contributed by atoms with E-state index in [0.29, 0.717) is 12.2 Å². The van der Waals surface area contributed by atoms with Crippen molar-refractivity contribution in [1.29, 1.82) is 0 Å². The first kappa shape index (κ1) is 21.8. The summed E-state index contributed by atoms with van der Waals surface area (Å²) < 4.78 is 5.15. The van der Waals surface area contributed by atoms with E-state index >= 15 is 0 Å². The molecule has 0 aliphatic rings. The van der Waals surface area contributed by atoms with Crippen LogP contribution in [0.5, 0.6) is 5.75 Å². The molecule has 0 atom stereocenters. The van der Waals surface area contributed by atoms with Gasteiger partial charge >= 0.3 is 12.1 Å². The van der Waals surface area contributed by atoms with Gasteiger partial charge in [-0.2, -0.15) is 0 Å². The van der Waals surface area contributed by atoms with Crippen molar-refractivity contribution in [2.45, 2.75) is 71.6 Å². The molecule has 1 aromatic carbocycles. The molecule has 6 heteroatoms. The van der Waals surface area contributed by atoms with E-state index in [9.17, 15) is 19.8 Å². The van der Waals surface area contributed by atoms with E-state index in [1.165, 1.54) is 25.3 Å². The number of hydrogen-bond acceptors (Lipinski definition) is 4. The number of unbranched alkanes of at least 4 members (excludes halogenated alkanes) is 5. The number of carboxylic acid groups (broad SMARTS) is 1. The van der Waals surface area contributed by atoms with Crippen molar-refractivity contribution in [2.75, 3.05) is 11.9 Å². The van der Waals surface area contributed by atoms with Crippen molar-refractivity contribution in [1.82, 2.24) is 0 Å². The summed E-state index contributed by atoms with van der Waals surface area (Å²) in [6.45, 7) is 8.06. The standard InChI is InChI=1S/C20H31NO5/c1-5-6-7-8-9-10-11-26-19(25)21-14-12-15(18(23)24)17(22)16(13-14)20(2,3)4/h12-13,22H,5-11H2,1-4H3,(H,21,25)(H,23,24). The van der Waals surface area contributed by atoms with Crippen molar-refractivity contribution in [2.24, 2.45) is 0 Å². The molecule has 1 aromatic rings. The Morgan fingerprint density at radius 3 is 2.27 bits per heavy atom. The zero-order chi connectivity index (χ0) is 19.7. The highest BCUT2D eigenvalue weighted by Crippen LogP contribution is 2.36. The second kappa shape index (κ2) is 10.0. The molecule has 0 spiro atoms. The highest BCUT2D eigenvalue weighted by atomic mass is 16.5. The van der Waals surface area contributed by atoms with Crippen molar-refractivity contribution in [3.63, 3.8) is 0 Å². The van der Waals surface area contributed by atoms with Crippen LogP contribution in [0.3, 0.4) is 0 Å². The van der Waals surface area contributed by atoms with Crippen molar-refractivity contribution in [3.8, 4) is 5.75 Å². The number of carbonyl (C=O) groups excluding carboxylic acids is 1. The molecule has 0 heterocycles. The van der Waals surface area contributed by atoms with E-state index < -0.39 is 17.5 Å². The molecule has 0 aliphatic carbocycles. The summed E-state index contributed by atoms with van der Waals surface area (Å²) in [5.41, 5.74) is 0.0132. The number of carboxylic acids is 1. The quantitative estimate of drug-likeness (QED) is 0.408. The van der Waals surface area contributed by atoms with E-state index in [0.717, 1.165) is 19.3 Å². The molecule has 6 nitrogen and oxygen atoms in total. The molecule has 1 amide bonds. The Morgan fingerprint density at radius 2 is 1.69 bits per heavy atom. The molecule has 0 fully saturated rings. The van der Waals surface area contributed by atoms with Crippen LogP contribution in [-0.4, -0.2) is 28.9 Å². The van der Waals surface area contributed by atoms with E-state index in [1.807, 2.05) is 20.8 Å². The smallest absolute Gasteiger partial charge is 0.411 e. The van der Waals surface area contributed by atoms with Gasteiger partial charge in [-0.15, -0.1) is 0 Å². The lowest BCUT2D eigenvalue weighted by molar-refractivity contribution is 0.0693. The average molecular weight is 365 g/mol. The van der Waals surface area contributed by atoms with Gasteiger partial charge in [0, 0.05) is 11.3 Å². The summed E-state index contributed by atoms with van der Waals surface area (Å²) in [5, 5.41) is 22.0. The Bertz CT molecular complexity index is 619. The highest BCUT2D eigenvalue weighted by molar-refractivity contribution is 5.94. The Hall–Kier alpha value is -2.24. The number of aromatic carboxylic acids is 1. The number of anilines is 1. The van der Waals surface area contributed by atoms with Crippen LogP contribution >= 0.6 is 0 Å². The molecule has 0 unspecified atom stereocenters. The van der Waals surface area contributed by atoms with Gasteiger partial charge in [0.05, 0.1) is 6.61 Å². The number of hydrogen-bond donors (Lipinski definition) is 3. The van der Waals surface area contributed by atoms with Crippen LogP contribution in [0.15, 0.2) is 12.1 Å². The van der Waals surface area contributed by atoms with Crippen LogP contribution < -0.4 is 5.32 Å². The summed E-state index contributed by atoms with van der Waals surface area (Å²) in [5.74, 6) is -1.53. The first-order chi connectivity index (χ1) is 12.2. The summed E-state index contributed by atoms with van der Waals surface area (Å²) in [7, 11) is 0. The van der Waals surface area contributed by atoms with E-state index in [-0.39, 0.29) is 17.0 Å². The molecule has 146 valence electrons. The minimum absolute atomic E-state index is 0.247. The lowest BCUT2D eigenvalue weighted by Gasteiger charge is -2.22. The van der Waals surface area contributed by atoms with Gasteiger partial charge in [-0.3, -0.25) is 5.32 Å². The van der Waals surface area contributed by atoms with Crippen molar-refractivity contribution >= 4 is 17.7 Å². The summed E-state index contributed by atoms with van der Waals surface area (Å²) in [4.78, 5) is 23.3. The molecular weight excluding hydrogens is 334 g/mol. The molecule has 0 radical (unpaired) electrons. The molecular formula is C20H31NO5. The minimum atomic E-state index is -1.25. The van der Waals surface area contributed by atoms with Crippen LogP contribution in [-0.2, 0) is 10.2 Å². The number of ether oxygens (including phenoxy) is 1. The Morgan fingerprint density at radius 1 is 1.08 bits per heavy atom. The molecule has 0 saturated heterocycles. The monoisotopic (exact) mass is 365 g/mol. The highest BCUT2D eigenvalue weighted by Gasteiger charge is 2.24. The van der Waals surface area contributed by atoms with E-state index in [4.69, 9.17) is 4.74 Å². The number of amides is 1. The fourth-order valence-electron chi connectivity index (χ4n) is 2.64. The SMILES string of the molecule is CCCCCCCCOC(=O)Nc1cc(C(=O)O)c(O)c(C(C)(C)C)c1. The molecule has 0 aromatic heterocycles. The predicted octanol–water partition coefficient (Wildman–Crippen LogP) is 5.30. The second-order valence-electron chi connectivity index (χ2n) is 7.50. The van der Waals surface area contributed by atoms with Crippen LogP contribution in [0.4, 0.5) is 10.5 Å². The largest absolute Gasteiger partial charge is 0.507 e. The summed E-state index contributed by atoms with van der Waals surface area (Å²) in [6, 6.07) is 2.81. The summed E-state index contributed by atoms with van der Waals surface area (Å²) in [6.07, 6.45) is 5.95.